The topological polar surface area (TPSA) is 58.1 Å². The highest BCUT2D eigenvalue weighted by molar-refractivity contribution is 7.99. The van der Waals surface area contributed by atoms with Crippen molar-refractivity contribution in [2.24, 2.45) is 4.99 Å². The fraction of sp³-hybridized carbons (Fsp3) is 0.409. The second-order valence-corrected chi connectivity index (χ2v) is 7.96. The first-order chi connectivity index (χ1) is 14.2. The zero-order valence-corrected chi connectivity index (χ0v) is 18.2. The summed E-state index contributed by atoms with van der Waals surface area (Å²) in [6.07, 6.45) is 0. The van der Waals surface area contributed by atoms with Crippen molar-refractivity contribution in [2.75, 3.05) is 50.8 Å². The quantitative estimate of drug-likeness (QED) is 0.536. The Morgan fingerprint density at radius 2 is 1.55 bits per heavy atom. The molecule has 1 aliphatic heterocycles. The minimum Gasteiger partial charge on any atom is -0.493 e. The van der Waals surface area contributed by atoms with Gasteiger partial charge in [-0.3, -0.25) is 4.99 Å². The number of ether oxygens (including phenoxy) is 2. The number of hydrogen-bond acceptors (Lipinski definition) is 5. The van der Waals surface area contributed by atoms with Gasteiger partial charge in [-0.15, -0.1) is 0 Å². The van der Waals surface area contributed by atoms with Gasteiger partial charge in [0.05, 0.1) is 14.2 Å². The highest BCUT2D eigenvalue weighted by atomic mass is 32.2. The van der Waals surface area contributed by atoms with Crippen LogP contribution in [0.2, 0.25) is 0 Å². The van der Waals surface area contributed by atoms with Crippen molar-refractivity contribution in [1.82, 2.24) is 10.6 Å². The maximum Gasteiger partial charge on any atom is 0.191 e. The maximum absolute atomic E-state index is 5.37. The lowest BCUT2D eigenvalue weighted by Crippen LogP contribution is -2.36. The average Bonchev–Trinajstić information content (AvgIpc) is 2.80. The number of hydrogen-bond donors (Lipinski definition) is 2. The van der Waals surface area contributed by atoms with E-state index < -0.39 is 0 Å². The summed E-state index contributed by atoms with van der Waals surface area (Å²) >= 11 is 2.03. The van der Waals surface area contributed by atoms with Crippen LogP contribution in [0.5, 0.6) is 11.5 Å². The predicted octanol–water partition coefficient (Wildman–Crippen LogP) is 3.12. The van der Waals surface area contributed by atoms with Gasteiger partial charge < -0.3 is 25.0 Å². The molecule has 3 rings (SSSR count). The third-order valence-corrected chi connectivity index (χ3v) is 5.85. The highest BCUT2D eigenvalue weighted by Crippen LogP contribution is 2.27. The second kappa shape index (κ2) is 10.9. The molecule has 0 spiro atoms. The summed E-state index contributed by atoms with van der Waals surface area (Å²) in [4.78, 5) is 6.77. The normalized spacial score (nSPS) is 14.4. The van der Waals surface area contributed by atoms with Crippen LogP contribution in [0.15, 0.2) is 47.5 Å². The average molecular weight is 415 g/mol. The molecule has 0 aliphatic carbocycles. The van der Waals surface area contributed by atoms with Crippen LogP contribution in [0.1, 0.15) is 11.1 Å². The van der Waals surface area contributed by atoms with E-state index >= 15 is 0 Å². The Labute approximate surface area is 177 Å². The molecule has 0 bridgehead atoms. The van der Waals surface area contributed by atoms with E-state index in [1.165, 1.54) is 22.8 Å². The SMILES string of the molecule is CN=C(NCc1ccc(N2CCSCC2)cc1)NCc1ccc(OC)c(OC)c1. The van der Waals surface area contributed by atoms with E-state index in [0.717, 1.165) is 42.7 Å². The van der Waals surface area contributed by atoms with Gasteiger partial charge in [-0.2, -0.15) is 11.8 Å². The van der Waals surface area contributed by atoms with E-state index in [1.54, 1.807) is 21.3 Å². The molecule has 0 aromatic heterocycles. The number of rotatable bonds is 7. The molecule has 0 radical (unpaired) electrons. The Hall–Kier alpha value is -2.54. The number of guanidine groups is 1. The van der Waals surface area contributed by atoms with Crippen LogP contribution >= 0.6 is 11.8 Å². The summed E-state index contributed by atoms with van der Waals surface area (Å²) in [6, 6.07) is 14.7. The van der Waals surface area contributed by atoms with Crippen LogP contribution in [0, 0.1) is 0 Å². The zero-order valence-electron chi connectivity index (χ0n) is 17.4. The lowest BCUT2D eigenvalue weighted by atomic mass is 10.2. The molecule has 156 valence electrons. The fourth-order valence-corrected chi connectivity index (χ4v) is 4.13. The molecule has 1 heterocycles. The molecule has 1 saturated heterocycles. The lowest BCUT2D eigenvalue weighted by Gasteiger charge is -2.28. The minimum absolute atomic E-state index is 0.645. The maximum atomic E-state index is 5.37. The zero-order chi connectivity index (χ0) is 20.5. The van der Waals surface area contributed by atoms with Gasteiger partial charge in [0.2, 0.25) is 0 Å². The molecule has 0 atom stereocenters. The summed E-state index contributed by atoms with van der Waals surface area (Å²) in [5.74, 6) is 4.64. The Morgan fingerprint density at radius 3 is 2.17 bits per heavy atom. The molecule has 0 saturated carbocycles. The summed E-state index contributed by atoms with van der Waals surface area (Å²) < 4.78 is 10.7. The molecule has 1 fully saturated rings. The van der Waals surface area contributed by atoms with E-state index in [4.69, 9.17) is 9.47 Å². The first-order valence-electron chi connectivity index (χ1n) is 9.80. The van der Waals surface area contributed by atoms with E-state index in [0.29, 0.717) is 6.54 Å². The Morgan fingerprint density at radius 1 is 0.931 bits per heavy atom. The van der Waals surface area contributed by atoms with Crippen LogP contribution in [-0.2, 0) is 13.1 Å². The van der Waals surface area contributed by atoms with Crippen LogP contribution in [0.3, 0.4) is 0 Å². The van der Waals surface area contributed by atoms with Crippen molar-refractivity contribution >= 4 is 23.4 Å². The van der Waals surface area contributed by atoms with E-state index in [9.17, 15) is 0 Å². The summed E-state index contributed by atoms with van der Waals surface area (Å²) in [6.45, 7) is 3.64. The largest absolute Gasteiger partial charge is 0.493 e. The Balaban J connectivity index is 1.50. The van der Waals surface area contributed by atoms with Gasteiger partial charge in [-0.05, 0) is 35.4 Å². The summed E-state index contributed by atoms with van der Waals surface area (Å²) in [7, 11) is 5.06. The molecule has 2 N–H and O–H groups in total. The number of aliphatic imine (C=N–C) groups is 1. The van der Waals surface area contributed by atoms with Crippen LogP contribution < -0.4 is 25.0 Å². The number of nitrogens with one attached hydrogen (secondary N) is 2. The third kappa shape index (κ3) is 5.97. The third-order valence-electron chi connectivity index (χ3n) is 4.90. The van der Waals surface area contributed by atoms with Crippen LogP contribution in [0.4, 0.5) is 5.69 Å². The molecule has 2 aromatic carbocycles. The molecule has 0 amide bonds. The fourth-order valence-electron chi connectivity index (χ4n) is 3.23. The number of benzene rings is 2. The Bertz CT molecular complexity index is 805. The van der Waals surface area contributed by atoms with Gasteiger partial charge in [-0.1, -0.05) is 18.2 Å². The number of methoxy groups -OCH3 is 2. The monoisotopic (exact) mass is 414 g/mol. The number of thioether (sulfide) groups is 1. The van der Waals surface area contributed by atoms with Gasteiger partial charge in [-0.25, -0.2) is 0 Å². The first-order valence-corrected chi connectivity index (χ1v) is 11.0. The second-order valence-electron chi connectivity index (χ2n) is 6.73. The number of nitrogens with zero attached hydrogens (tertiary/aromatic N) is 2. The minimum atomic E-state index is 0.645. The standard InChI is InChI=1S/C22H30N4O2S/c1-23-22(25-16-18-6-9-20(27-2)21(14-18)28-3)24-15-17-4-7-19(8-5-17)26-10-12-29-13-11-26/h4-9,14H,10-13,15-16H2,1-3H3,(H2,23,24,25). The van der Waals surface area contributed by atoms with E-state index in [2.05, 4.69) is 44.8 Å². The molecule has 1 aliphatic rings. The summed E-state index contributed by atoms with van der Waals surface area (Å²) in [5, 5.41) is 6.71. The molecule has 0 unspecified atom stereocenters. The van der Waals surface area contributed by atoms with Crippen molar-refractivity contribution in [3.8, 4) is 11.5 Å². The van der Waals surface area contributed by atoms with E-state index in [-0.39, 0.29) is 0 Å². The smallest absolute Gasteiger partial charge is 0.191 e. The van der Waals surface area contributed by atoms with Crippen molar-refractivity contribution in [3.63, 3.8) is 0 Å². The molecular formula is C22H30N4O2S. The van der Waals surface area contributed by atoms with Crippen LogP contribution in [0.25, 0.3) is 0 Å². The van der Waals surface area contributed by atoms with Crippen molar-refractivity contribution in [3.05, 3.63) is 53.6 Å². The van der Waals surface area contributed by atoms with Crippen molar-refractivity contribution < 1.29 is 9.47 Å². The van der Waals surface area contributed by atoms with Gasteiger partial charge in [0.25, 0.3) is 0 Å². The molecule has 29 heavy (non-hydrogen) atoms. The van der Waals surface area contributed by atoms with E-state index in [1.807, 2.05) is 30.0 Å². The van der Waals surface area contributed by atoms with Gasteiger partial charge >= 0.3 is 0 Å². The predicted molar refractivity (Wildman–Crippen MR) is 123 cm³/mol. The van der Waals surface area contributed by atoms with Crippen molar-refractivity contribution in [1.29, 1.82) is 0 Å². The number of anilines is 1. The highest BCUT2D eigenvalue weighted by Gasteiger charge is 2.11. The van der Waals surface area contributed by atoms with Gasteiger partial charge in [0.1, 0.15) is 0 Å². The van der Waals surface area contributed by atoms with Crippen molar-refractivity contribution in [2.45, 2.75) is 13.1 Å². The van der Waals surface area contributed by atoms with Gasteiger partial charge in [0, 0.05) is 50.4 Å². The molecule has 6 nitrogen and oxygen atoms in total. The lowest BCUT2D eigenvalue weighted by molar-refractivity contribution is 0.354. The molecular weight excluding hydrogens is 384 g/mol. The molecule has 7 heteroatoms. The van der Waals surface area contributed by atoms with Crippen LogP contribution in [-0.4, -0.2) is 51.8 Å². The molecule has 2 aromatic rings. The first kappa shape index (κ1) is 21.2. The Kier molecular flexibility index (Phi) is 7.93. The summed E-state index contributed by atoms with van der Waals surface area (Å²) in [5.41, 5.74) is 3.63. The van der Waals surface area contributed by atoms with Gasteiger partial charge in [0.15, 0.2) is 17.5 Å².